The number of halogens is 3. The average molecular weight is 547 g/mol. The number of rotatable bonds is 12. The van der Waals surface area contributed by atoms with Crippen LogP contribution in [0.15, 0.2) is 30.6 Å². The Labute approximate surface area is 224 Å². The Morgan fingerprint density at radius 2 is 1.67 bits per heavy atom. The van der Waals surface area contributed by atoms with E-state index in [0.29, 0.717) is 23.1 Å². The molecule has 3 aliphatic rings. The van der Waals surface area contributed by atoms with Crippen LogP contribution in [0.1, 0.15) is 73.5 Å². The van der Waals surface area contributed by atoms with Crippen molar-refractivity contribution in [1.82, 2.24) is 25.4 Å². The van der Waals surface area contributed by atoms with Gasteiger partial charge in [-0.1, -0.05) is 0 Å². The third kappa shape index (κ3) is 7.15. The highest BCUT2D eigenvalue weighted by Crippen LogP contribution is 2.51. The summed E-state index contributed by atoms with van der Waals surface area (Å²) in [5.74, 6) is -0.242. The molecule has 2 atom stereocenters. The highest BCUT2D eigenvalue weighted by molar-refractivity contribution is 6.00. The molecule has 3 amide bonds. The summed E-state index contributed by atoms with van der Waals surface area (Å²) in [6.45, 7) is 0. The van der Waals surface area contributed by atoms with Crippen LogP contribution in [0.25, 0.3) is 0 Å². The Balaban J connectivity index is 1.30. The highest BCUT2D eigenvalue weighted by Gasteiger charge is 2.48. The summed E-state index contributed by atoms with van der Waals surface area (Å²) in [5, 5.41) is 12.6. The van der Waals surface area contributed by atoms with Crippen molar-refractivity contribution >= 4 is 23.5 Å². The number of aryl methyl sites for hydroxylation is 1. The zero-order valence-electron chi connectivity index (χ0n) is 21.7. The van der Waals surface area contributed by atoms with Gasteiger partial charge in [0.25, 0.3) is 5.91 Å². The number of amides is 3. The molecule has 0 aliphatic heterocycles. The molecule has 0 bridgehead atoms. The minimum Gasteiger partial charge on any atom is -0.349 e. The van der Waals surface area contributed by atoms with E-state index in [-0.39, 0.29) is 29.5 Å². The first-order chi connectivity index (χ1) is 18.6. The Morgan fingerprint density at radius 1 is 1.00 bits per heavy atom. The normalized spacial score (nSPS) is 18.9. The van der Waals surface area contributed by atoms with Crippen LogP contribution < -0.4 is 16.0 Å². The van der Waals surface area contributed by atoms with Crippen molar-refractivity contribution in [2.45, 2.75) is 69.6 Å². The Hall–Kier alpha value is -3.44. The first-order valence-corrected chi connectivity index (χ1v) is 13.5. The molecule has 12 heteroatoms. The molecule has 3 fully saturated rings. The van der Waals surface area contributed by atoms with Gasteiger partial charge < -0.3 is 16.0 Å². The fourth-order valence-electron chi connectivity index (χ4n) is 5.36. The second-order valence-corrected chi connectivity index (χ2v) is 11.0. The second kappa shape index (κ2) is 11.0. The standard InChI is InChI=1S/C27H33F3N6O3/c1-36-19(10-13-32-36)25(38)35-24(22(15-2-3-15)16-4-5-16)26(39)33-20-14-18(9-12-31-20)23(17-6-7-17)34-21(37)8-11-27(28,29)30/h9-10,12-17,22-24H,2-8,11H2,1H3,(H,34,37)(H,35,38)(H,31,33,39)/t23?,24-/m0/s1. The Morgan fingerprint density at radius 3 is 2.23 bits per heavy atom. The van der Waals surface area contributed by atoms with Gasteiger partial charge in [0.15, 0.2) is 0 Å². The van der Waals surface area contributed by atoms with Crippen LogP contribution in [0.3, 0.4) is 0 Å². The maximum absolute atomic E-state index is 13.6. The topological polar surface area (TPSA) is 118 Å². The molecule has 2 heterocycles. The summed E-state index contributed by atoms with van der Waals surface area (Å²) in [6.07, 6.45) is 2.61. The molecule has 5 rings (SSSR count). The van der Waals surface area contributed by atoms with E-state index in [4.69, 9.17) is 0 Å². The van der Waals surface area contributed by atoms with E-state index >= 15 is 0 Å². The van der Waals surface area contributed by atoms with Crippen LogP contribution in [-0.4, -0.2) is 44.7 Å². The largest absolute Gasteiger partial charge is 0.389 e. The van der Waals surface area contributed by atoms with Gasteiger partial charge in [-0.2, -0.15) is 18.3 Å². The van der Waals surface area contributed by atoms with Gasteiger partial charge in [0.05, 0.1) is 12.5 Å². The van der Waals surface area contributed by atoms with E-state index in [2.05, 4.69) is 26.0 Å². The molecule has 9 nitrogen and oxygen atoms in total. The predicted molar refractivity (Wildman–Crippen MR) is 135 cm³/mol. The minimum absolute atomic E-state index is 0.0255. The van der Waals surface area contributed by atoms with Crippen LogP contribution in [-0.2, 0) is 16.6 Å². The number of hydrogen-bond acceptors (Lipinski definition) is 5. The zero-order valence-corrected chi connectivity index (χ0v) is 21.7. The summed E-state index contributed by atoms with van der Waals surface area (Å²) in [4.78, 5) is 43.2. The molecule has 39 heavy (non-hydrogen) atoms. The lowest BCUT2D eigenvalue weighted by atomic mass is 9.88. The second-order valence-electron chi connectivity index (χ2n) is 11.0. The van der Waals surface area contributed by atoms with Gasteiger partial charge in [-0.15, -0.1) is 0 Å². The lowest BCUT2D eigenvalue weighted by Gasteiger charge is -2.27. The molecule has 0 radical (unpaired) electrons. The predicted octanol–water partition coefficient (Wildman–Crippen LogP) is 3.90. The fourth-order valence-corrected chi connectivity index (χ4v) is 5.36. The van der Waals surface area contributed by atoms with Crippen molar-refractivity contribution in [3.63, 3.8) is 0 Å². The van der Waals surface area contributed by atoms with Crippen molar-refractivity contribution in [1.29, 1.82) is 0 Å². The number of pyridine rings is 1. The molecule has 210 valence electrons. The maximum atomic E-state index is 13.6. The summed E-state index contributed by atoms with van der Waals surface area (Å²) in [6, 6.07) is 3.73. The van der Waals surface area contributed by atoms with Crippen molar-refractivity contribution in [3.8, 4) is 0 Å². The number of carbonyl (C=O) groups is 3. The van der Waals surface area contributed by atoms with E-state index in [0.717, 1.165) is 38.5 Å². The minimum atomic E-state index is -4.40. The SMILES string of the molecule is Cn1nccc1C(=O)N[C@H](C(=O)Nc1cc(C(NC(=O)CCC(F)(F)F)C2CC2)ccn1)C(C1CC1)C1CC1. The van der Waals surface area contributed by atoms with Gasteiger partial charge in [0.1, 0.15) is 17.6 Å². The number of carbonyl (C=O) groups excluding carboxylic acids is 3. The van der Waals surface area contributed by atoms with Crippen LogP contribution in [0.4, 0.5) is 19.0 Å². The summed E-state index contributed by atoms with van der Waals surface area (Å²) in [7, 11) is 1.66. The van der Waals surface area contributed by atoms with Crippen LogP contribution in [0, 0.1) is 23.7 Å². The number of nitrogens with zero attached hydrogens (tertiary/aromatic N) is 3. The number of alkyl halides is 3. The van der Waals surface area contributed by atoms with E-state index in [9.17, 15) is 27.6 Å². The number of hydrogen-bond donors (Lipinski definition) is 3. The van der Waals surface area contributed by atoms with Gasteiger partial charge in [-0.3, -0.25) is 19.1 Å². The Bertz CT molecular complexity index is 1210. The van der Waals surface area contributed by atoms with Crippen LogP contribution in [0.5, 0.6) is 0 Å². The zero-order chi connectivity index (χ0) is 27.7. The molecule has 3 saturated carbocycles. The van der Waals surface area contributed by atoms with Crippen molar-refractivity contribution in [2.24, 2.45) is 30.7 Å². The molecule has 3 aliphatic carbocycles. The van der Waals surface area contributed by atoms with Crippen molar-refractivity contribution in [3.05, 3.63) is 41.9 Å². The molecular weight excluding hydrogens is 513 g/mol. The highest BCUT2D eigenvalue weighted by atomic mass is 19.4. The maximum Gasteiger partial charge on any atom is 0.389 e. The lowest BCUT2D eigenvalue weighted by molar-refractivity contribution is -0.144. The third-order valence-corrected chi connectivity index (χ3v) is 7.78. The third-order valence-electron chi connectivity index (χ3n) is 7.78. The van der Waals surface area contributed by atoms with Gasteiger partial charge in [0.2, 0.25) is 11.8 Å². The van der Waals surface area contributed by atoms with Gasteiger partial charge in [0, 0.05) is 25.9 Å². The smallest absolute Gasteiger partial charge is 0.349 e. The summed E-state index contributed by atoms with van der Waals surface area (Å²) in [5.41, 5.74) is 1.02. The molecule has 1 unspecified atom stereocenters. The van der Waals surface area contributed by atoms with Gasteiger partial charge in [-0.05, 0) is 86.0 Å². The number of aromatic nitrogens is 3. The van der Waals surface area contributed by atoms with E-state index in [1.54, 1.807) is 25.2 Å². The van der Waals surface area contributed by atoms with Crippen molar-refractivity contribution < 1.29 is 27.6 Å². The molecule has 0 spiro atoms. The van der Waals surface area contributed by atoms with Crippen LogP contribution in [0.2, 0.25) is 0 Å². The lowest BCUT2D eigenvalue weighted by Crippen LogP contribution is -2.50. The Kier molecular flexibility index (Phi) is 7.64. The molecule has 2 aromatic heterocycles. The number of nitrogens with one attached hydrogen (secondary N) is 3. The quantitative estimate of drug-likeness (QED) is 0.373. The molecule has 0 aromatic carbocycles. The molecule has 0 saturated heterocycles. The van der Waals surface area contributed by atoms with E-state index in [1.807, 2.05) is 0 Å². The van der Waals surface area contributed by atoms with E-state index < -0.39 is 37.0 Å². The first-order valence-electron chi connectivity index (χ1n) is 13.5. The van der Waals surface area contributed by atoms with E-state index in [1.165, 1.54) is 17.1 Å². The summed E-state index contributed by atoms with van der Waals surface area (Å²) < 4.78 is 39.2. The molecular formula is C27H33F3N6O3. The fraction of sp³-hybridized carbons (Fsp3) is 0.593. The molecule has 2 aromatic rings. The molecule has 3 N–H and O–H groups in total. The number of anilines is 1. The monoisotopic (exact) mass is 546 g/mol. The average Bonchev–Trinajstić information content (AvgIpc) is 3.73. The summed E-state index contributed by atoms with van der Waals surface area (Å²) >= 11 is 0. The van der Waals surface area contributed by atoms with Crippen molar-refractivity contribution in [2.75, 3.05) is 5.32 Å². The van der Waals surface area contributed by atoms with Crippen LogP contribution >= 0.6 is 0 Å². The van der Waals surface area contributed by atoms with Gasteiger partial charge in [-0.25, -0.2) is 4.98 Å². The van der Waals surface area contributed by atoms with Gasteiger partial charge >= 0.3 is 6.18 Å². The first kappa shape index (κ1) is 27.1.